The molecular formula is C34H30Fe2-4. The number of rotatable bonds is 5. The van der Waals surface area contributed by atoms with Crippen molar-refractivity contribution in [2.75, 3.05) is 0 Å². The van der Waals surface area contributed by atoms with Gasteiger partial charge in [0.2, 0.25) is 0 Å². The van der Waals surface area contributed by atoms with Crippen molar-refractivity contribution in [1.29, 1.82) is 0 Å². The molecule has 0 unspecified atom stereocenters. The van der Waals surface area contributed by atoms with Crippen LogP contribution in [0.4, 0.5) is 0 Å². The van der Waals surface area contributed by atoms with Crippen LogP contribution in [0.15, 0.2) is 158 Å². The Morgan fingerprint density at radius 3 is 0.917 bits per heavy atom. The van der Waals surface area contributed by atoms with Gasteiger partial charge in [0.25, 0.3) is 0 Å². The van der Waals surface area contributed by atoms with Crippen LogP contribution in [0.1, 0.15) is 22.3 Å². The summed E-state index contributed by atoms with van der Waals surface area (Å²) in [6.07, 6.45) is 2.10. The Hall–Kier alpha value is -3.12. The largest absolute Gasteiger partial charge is 0.213 e. The van der Waals surface area contributed by atoms with Gasteiger partial charge in [-0.3, -0.25) is 0 Å². The van der Waals surface area contributed by atoms with Gasteiger partial charge in [-0.25, -0.2) is 24.3 Å². The SMILES string of the molecule is [Fe].[Fe].c1cc[c-](-[c-]2cccc2)c1.c1ccc(C[c-]2cccc2)cc1.c1ccc(C[c-]2cccc2)cc1. The number of benzene rings is 2. The van der Waals surface area contributed by atoms with Gasteiger partial charge in [0.05, 0.1) is 0 Å². The Bertz CT molecular complexity index is 1140. The first-order valence-corrected chi connectivity index (χ1v) is 11.8. The first kappa shape index (κ1) is 29.1. The van der Waals surface area contributed by atoms with Crippen molar-refractivity contribution in [2.24, 2.45) is 0 Å². The summed E-state index contributed by atoms with van der Waals surface area (Å²) in [5.74, 6) is 0. The Morgan fingerprint density at radius 1 is 0.333 bits per heavy atom. The fourth-order valence-corrected chi connectivity index (χ4v) is 3.86. The molecule has 0 atom stereocenters. The third-order valence-electron chi connectivity index (χ3n) is 5.62. The fourth-order valence-electron chi connectivity index (χ4n) is 3.86. The molecule has 0 heterocycles. The van der Waals surface area contributed by atoms with Crippen LogP contribution < -0.4 is 0 Å². The summed E-state index contributed by atoms with van der Waals surface area (Å²) in [6, 6.07) is 54.7. The van der Waals surface area contributed by atoms with Gasteiger partial charge < -0.3 is 0 Å². The molecule has 2 heteroatoms. The molecule has 0 saturated heterocycles. The molecule has 0 radical (unpaired) electrons. The van der Waals surface area contributed by atoms with Crippen LogP contribution in [0.2, 0.25) is 0 Å². The summed E-state index contributed by atoms with van der Waals surface area (Å²) >= 11 is 0. The summed E-state index contributed by atoms with van der Waals surface area (Å²) in [5.41, 5.74) is 8.16. The summed E-state index contributed by atoms with van der Waals surface area (Å²) in [6.45, 7) is 0. The van der Waals surface area contributed by atoms with Crippen molar-refractivity contribution in [3.05, 3.63) is 180 Å². The van der Waals surface area contributed by atoms with Gasteiger partial charge in [0.15, 0.2) is 0 Å². The molecule has 0 aliphatic rings. The third kappa shape index (κ3) is 9.86. The van der Waals surface area contributed by atoms with Crippen molar-refractivity contribution in [3.63, 3.8) is 0 Å². The van der Waals surface area contributed by atoms with Crippen LogP contribution in [0.5, 0.6) is 0 Å². The monoisotopic (exact) mass is 550 g/mol. The van der Waals surface area contributed by atoms with Crippen LogP contribution >= 0.6 is 0 Å². The molecule has 0 saturated carbocycles. The van der Waals surface area contributed by atoms with E-state index in [0.29, 0.717) is 0 Å². The van der Waals surface area contributed by atoms with Gasteiger partial charge in [-0.15, -0.1) is 0 Å². The van der Waals surface area contributed by atoms with E-state index in [4.69, 9.17) is 0 Å². The van der Waals surface area contributed by atoms with Gasteiger partial charge in [-0.1, -0.05) is 71.8 Å². The molecule has 0 spiro atoms. The second-order valence-electron chi connectivity index (χ2n) is 8.26. The Morgan fingerprint density at radius 2 is 0.611 bits per heavy atom. The Balaban J connectivity index is 0.000000186. The van der Waals surface area contributed by atoms with E-state index >= 15 is 0 Å². The summed E-state index contributed by atoms with van der Waals surface area (Å²) in [5, 5.41) is 0. The van der Waals surface area contributed by atoms with Crippen molar-refractivity contribution in [3.8, 4) is 11.1 Å². The minimum absolute atomic E-state index is 0. The van der Waals surface area contributed by atoms with Gasteiger partial charge in [-0.2, -0.15) is 95.1 Å². The molecule has 0 N–H and O–H groups in total. The maximum Gasteiger partial charge on any atom is 0 e. The zero-order valence-corrected chi connectivity index (χ0v) is 22.3. The van der Waals surface area contributed by atoms with Crippen LogP contribution in [0.3, 0.4) is 0 Å². The van der Waals surface area contributed by atoms with Crippen LogP contribution in [-0.2, 0) is 47.0 Å². The maximum absolute atomic E-state index is 2.16. The predicted octanol–water partition coefficient (Wildman–Crippen LogP) is 8.78. The van der Waals surface area contributed by atoms with E-state index in [-0.39, 0.29) is 34.1 Å². The molecule has 0 amide bonds. The molecule has 0 fully saturated rings. The first-order valence-electron chi connectivity index (χ1n) is 11.8. The van der Waals surface area contributed by atoms with Gasteiger partial charge in [-0.05, 0) is 12.8 Å². The van der Waals surface area contributed by atoms with E-state index in [1.807, 2.05) is 0 Å². The van der Waals surface area contributed by atoms with Crippen molar-refractivity contribution in [1.82, 2.24) is 0 Å². The number of hydrogen-bond acceptors (Lipinski definition) is 0. The molecule has 186 valence electrons. The van der Waals surface area contributed by atoms with E-state index in [0.717, 1.165) is 12.8 Å². The molecule has 0 aromatic heterocycles. The Labute approximate surface area is 237 Å². The van der Waals surface area contributed by atoms with Crippen LogP contribution in [-0.4, -0.2) is 0 Å². The van der Waals surface area contributed by atoms with E-state index in [1.54, 1.807) is 0 Å². The van der Waals surface area contributed by atoms with E-state index in [1.165, 1.54) is 33.4 Å². The topological polar surface area (TPSA) is 0 Å². The second-order valence-corrected chi connectivity index (χ2v) is 8.26. The van der Waals surface area contributed by atoms with Gasteiger partial charge in [0, 0.05) is 34.1 Å². The first-order chi connectivity index (χ1) is 16.9. The quantitative estimate of drug-likeness (QED) is 0.149. The zero-order valence-electron chi connectivity index (χ0n) is 20.1. The summed E-state index contributed by atoms with van der Waals surface area (Å²) < 4.78 is 0. The molecule has 6 aromatic carbocycles. The average Bonchev–Trinajstić information content (AvgIpc) is 3.70. The van der Waals surface area contributed by atoms with Crippen LogP contribution in [0.25, 0.3) is 11.1 Å². The minimum Gasteiger partial charge on any atom is -0.213 e. The van der Waals surface area contributed by atoms with E-state index < -0.39 is 0 Å². The smallest absolute Gasteiger partial charge is 0 e. The zero-order chi connectivity index (χ0) is 23.3. The average molecular weight is 550 g/mol. The summed E-state index contributed by atoms with van der Waals surface area (Å²) in [4.78, 5) is 0. The second kappa shape index (κ2) is 16.5. The fraction of sp³-hybridized carbons (Fsp3) is 0.0588. The molecule has 36 heavy (non-hydrogen) atoms. The van der Waals surface area contributed by atoms with Crippen molar-refractivity contribution >= 4 is 0 Å². The molecule has 6 rings (SSSR count). The third-order valence-corrected chi connectivity index (χ3v) is 5.62. The Kier molecular flexibility index (Phi) is 13.4. The molecule has 6 aromatic rings. The molecule has 0 nitrogen and oxygen atoms in total. The van der Waals surface area contributed by atoms with Crippen molar-refractivity contribution < 1.29 is 34.1 Å². The predicted molar refractivity (Wildman–Crippen MR) is 146 cm³/mol. The van der Waals surface area contributed by atoms with E-state index in [9.17, 15) is 0 Å². The standard InChI is InChI=1S/2C12H11.C10H8.2Fe/c2*1-2-6-11(7-3-1)10-12-8-4-5-9-12;1-2-6-9(5-1)10-7-3-4-8-10;;/h2*1-9H,10H2;1-8H;;/q2*-1;-2;;. The molecule has 0 aliphatic heterocycles. The molecule has 0 aliphatic carbocycles. The maximum atomic E-state index is 2.16. The summed E-state index contributed by atoms with van der Waals surface area (Å²) in [7, 11) is 0. The minimum atomic E-state index is 0. The van der Waals surface area contributed by atoms with E-state index in [2.05, 4.69) is 158 Å². The van der Waals surface area contributed by atoms with Crippen molar-refractivity contribution in [2.45, 2.75) is 12.8 Å². The van der Waals surface area contributed by atoms with Crippen LogP contribution in [0, 0.1) is 0 Å². The number of hydrogen-bond donors (Lipinski definition) is 0. The molecular weight excluding hydrogens is 520 g/mol. The normalized spacial score (nSPS) is 9.44. The molecule has 0 bridgehead atoms. The van der Waals surface area contributed by atoms with Gasteiger partial charge in [0.1, 0.15) is 0 Å². The van der Waals surface area contributed by atoms with Gasteiger partial charge >= 0.3 is 0 Å².